The van der Waals surface area contributed by atoms with Crippen LogP contribution in [0.25, 0.3) is 0 Å². The number of hydrogen-bond acceptors (Lipinski definition) is 5. The fourth-order valence-corrected chi connectivity index (χ4v) is 7.16. The Morgan fingerprint density at radius 3 is 2.74 bits per heavy atom. The fraction of sp³-hybridized carbons (Fsp3) is 0.786. The molecule has 2 aliphatic rings. The van der Waals surface area contributed by atoms with Crippen LogP contribution in [0.5, 0.6) is 0 Å². The summed E-state index contributed by atoms with van der Waals surface area (Å²) in [7, 11) is 0. The number of hydrogen-bond donors (Lipinski definition) is 1. The van der Waals surface area contributed by atoms with Crippen LogP contribution in [0.15, 0.2) is 0 Å². The van der Waals surface area contributed by atoms with Crippen molar-refractivity contribution in [3.8, 4) is 0 Å². The van der Waals surface area contributed by atoms with Crippen molar-refractivity contribution in [3.05, 3.63) is 15.6 Å². The zero-order valence-electron chi connectivity index (χ0n) is 11.7. The molecule has 2 nitrogen and oxygen atoms in total. The van der Waals surface area contributed by atoms with Crippen molar-refractivity contribution in [3.63, 3.8) is 0 Å². The van der Waals surface area contributed by atoms with E-state index in [0.717, 1.165) is 23.4 Å². The van der Waals surface area contributed by atoms with Gasteiger partial charge in [0.05, 0.1) is 21.9 Å². The van der Waals surface area contributed by atoms with E-state index in [4.69, 9.17) is 4.98 Å². The van der Waals surface area contributed by atoms with E-state index in [1.54, 1.807) is 11.3 Å². The highest BCUT2D eigenvalue weighted by atomic mass is 32.2. The van der Waals surface area contributed by atoms with Gasteiger partial charge in [0.25, 0.3) is 0 Å². The van der Waals surface area contributed by atoms with Crippen molar-refractivity contribution in [1.82, 2.24) is 4.98 Å². The minimum atomic E-state index is -0.304. The van der Waals surface area contributed by atoms with Crippen LogP contribution in [0.4, 0.5) is 0 Å². The Morgan fingerprint density at radius 2 is 2.00 bits per heavy atom. The highest BCUT2D eigenvalue weighted by molar-refractivity contribution is 8.06. The second-order valence-corrected chi connectivity index (χ2v) is 10.1. The van der Waals surface area contributed by atoms with Crippen LogP contribution in [0, 0.1) is 5.41 Å². The number of aliphatic hydroxyl groups excluding tert-OH is 1. The Labute approximate surface area is 127 Å². The molecule has 1 aliphatic carbocycles. The van der Waals surface area contributed by atoms with Gasteiger partial charge in [-0.25, -0.2) is 4.98 Å². The van der Waals surface area contributed by atoms with Gasteiger partial charge >= 0.3 is 0 Å². The number of aliphatic hydroxyl groups is 1. The molecule has 1 N–H and O–H groups in total. The van der Waals surface area contributed by atoms with E-state index in [0.29, 0.717) is 10.5 Å². The average Bonchev–Trinajstić information content (AvgIpc) is 2.71. The zero-order chi connectivity index (χ0) is 13.6. The number of thioether (sulfide) groups is 2. The predicted molar refractivity (Wildman–Crippen MR) is 86.3 cm³/mol. The van der Waals surface area contributed by atoms with Gasteiger partial charge in [-0.15, -0.1) is 23.1 Å². The first kappa shape index (κ1) is 14.2. The van der Waals surface area contributed by atoms with Gasteiger partial charge in [-0.05, 0) is 18.3 Å². The van der Waals surface area contributed by atoms with Crippen molar-refractivity contribution in [2.45, 2.75) is 50.2 Å². The summed E-state index contributed by atoms with van der Waals surface area (Å²) < 4.78 is 0. The fourth-order valence-electron chi connectivity index (χ4n) is 2.94. The molecule has 0 bridgehead atoms. The average molecular weight is 316 g/mol. The first-order valence-corrected chi connectivity index (χ1v) is 9.78. The first-order chi connectivity index (χ1) is 8.96. The van der Waals surface area contributed by atoms with Crippen LogP contribution < -0.4 is 0 Å². The second-order valence-electron chi connectivity index (χ2n) is 6.29. The topological polar surface area (TPSA) is 33.1 Å². The van der Waals surface area contributed by atoms with Gasteiger partial charge in [0.1, 0.15) is 5.01 Å². The third kappa shape index (κ3) is 2.85. The molecule has 3 unspecified atom stereocenters. The molecule has 1 aliphatic heterocycles. The standard InChI is InChI=1S/C14H21NOS3/c1-8-11(18-5-4-17-8)13-15-9-6-14(2,3)7-10(16)12(9)19-13/h8,10-11,16H,4-7H2,1-3H3. The lowest BCUT2D eigenvalue weighted by molar-refractivity contribution is 0.102. The Kier molecular flexibility index (Phi) is 3.93. The third-order valence-electron chi connectivity index (χ3n) is 3.87. The SMILES string of the molecule is CC1SCCSC1c1nc2c(s1)C(O)CC(C)(C)C2. The lowest BCUT2D eigenvalue weighted by atomic mass is 9.77. The van der Waals surface area contributed by atoms with Crippen LogP contribution in [0.1, 0.15) is 54.1 Å². The summed E-state index contributed by atoms with van der Waals surface area (Å²) in [6, 6.07) is 0. The normalized spacial score (nSPS) is 34.0. The van der Waals surface area contributed by atoms with E-state index >= 15 is 0 Å². The molecule has 106 valence electrons. The van der Waals surface area contributed by atoms with Crippen molar-refractivity contribution >= 4 is 34.9 Å². The molecular formula is C14H21NOS3. The number of rotatable bonds is 1. The van der Waals surface area contributed by atoms with Gasteiger partial charge in [-0.3, -0.25) is 0 Å². The molecule has 0 saturated carbocycles. The largest absolute Gasteiger partial charge is 0.387 e. The molecule has 1 aromatic heterocycles. The minimum Gasteiger partial charge on any atom is -0.387 e. The molecule has 1 fully saturated rings. The smallest absolute Gasteiger partial charge is 0.107 e. The number of fused-ring (bicyclic) bond motifs is 1. The first-order valence-electron chi connectivity index (χ1n) is 6.87. The predicted octanol–water partition coefficient (Wildman–Crippen LogP) is 4.06. The lowest BCUT2D eigenvalue weighted by Crippen LogP contribution is -2.24. The maximum Gasteiger partial charge on any atom is 0.107 e. The Balaban J connectivity index is 1.90. The molecule has 0 radical (unpaired) electrons. The van der Waals surface area contributed by atoms with Gasteiger partial charge in [-0.1, -0.05) is 20.8 Å². The monoisotopic (exact) mass is 315 g/mol. The van der Waals surface area contributed by atoms with E-state index in [-0.39, 0.29) is 11.5 Å². The molecule has 1 saturated heterocycles. The minimum absolute atomic E-state index is 0.178. The quantitative estimate of drug-likeness (QED) is 0.847. The molecule has 2 heterocycles. The van der Waals surface area contributed by atoms with Gasteiger partial charge in [0.15, 0.2) is 0 Å². The number of nitrogens with zero attached hydrogens (tertiary/aromatic N) is 1. The molecule has 0 spiro atoms. The number of thiazole rings is 1. The Bertz CT molecular complexity index is 471. The van der Waals surface area contributed by atoms with E-state index in [1.807, 2.05) is 11.8 Å². The Hall–Kier alpha value is 0.290. The van der Waals surface area contributed by atoms with Crippen LogP contribution in [-0.2, 0) is 6.42 Å². The maximum absolute atomic E-state index is 10.3. The maximum atomic E-state index is 10.3. The van der Waals surface area contributed by atoms with Crippen molar-refractivity contribution in [2.75, 3.05) is 11.5 Å². The summed E-state index contributed by atoms with van der Waals surface area (Å²) in [4.78, 5) is 6.03. The molecule has 0 amide bonds. The summed E-state index contributed by atoms with van der Waals surface area (Å²) in [6.07, 6.45) is 1.57. The van der Waals surface area contributed by atoms with E-state index in [1.165, 1.54) is 16.5 Å². The van der Waals surface area contributed by atoms with Crippen molar-refractivity contribution in [2.24, 2.45) is 5.41 Å². The van der Waals surface area contributed by atoms with Crippen LogP contribution >= 0.6 is 34.9 Å². The Morgan fingerprint density at radius 1 is 1.26 bits per heavy atom. The van der Waals surface area contributed by atoms with Gasteiger partial charge in [-0.2, -0.15) is 11.8 Å². The molecule has 19 heavy (non-hydrogen) atoms. The molecular weight excluding hydrogens is 294 g/mol. The second kappa shape index (κ2) is 5.24. The summed E-state index contributed by atoms with van der Waals surface area (Å²) in [6.45, 7) is 6.76. The van der Waals surface area contributed by atoms with Gasteiger partial charge in [0.2, 0.25) is 0 Å². The summed E-state index contributed by atoms with van der Waals surface area (Å²) >= 11 is 5.84. The van der Waals surface area contributed by atoms with Crippen LogP contribution in [-0.4, -0.2) is 26.8 Å². The van der Waals surface area contributed by atoms with E-state index in [9.17, 15) is 5.11 Å². The third-order valence-corrected chi connectivity index (χ3v) is 8.40. The van der Waals surface area contributed by atoms with Gasteiger partial charge in [0, 0.05) is 16.8 Å². The zero-order valence-corrected chi connectivity index (χ0v) is 14.1. The molecule has 1 aromatic rings. The molecule has 3 atom stereocenters. The van der Waals surface area contributed by atoms with Crippen molar-refractivity contribution in [1.29, 1.82) is 0 Å². The van der Waals surface area contributed by atoms with Gasteiger partial charge < -0.3 is 5.11 Å². The molecule has 0 aromatic carbocycles. The summed E-state index contributed by atoms with van der Waals surface area (Å²) in [5.41, 5.74) is 1.34. The van der Waals surface area contributed by atoms with E-state index < -0.39 is 0 Å². The summed E-state index contributed by atoms with van der Waals surface area (Å²) in [5, 5.41) is 12.7. The van der Waals surface area contributed by atoms with Crippen LogP contribution in [0.3, 0.4) is 0 Å². The van der Waals surface area contributed by atoms with Crippen LogP contribution in [0.2, 0.25) is 0 Å². The molecule has 5 heteroatoms. The van der Waals surface area contributed by atoms with Crippen molar-refractivity contribution < 1.29 is 5.11 Å². The highest BCUT2D eigenvalue weighted by Gasteiger charge is 2.36. The number of aromatic nitrogens is 1. The lowest BCUT2D eigenvalue weighted by Gasteiger charge is -2.31. The van der Waals surface area contributed by atoms with E-state index in [2.05, 4.69) is 32.5 Å². The molecule has 3 rings (SSSR count). The summed E-state index contributed by atoms with van der Waals surface area (Å²) in [5.74, 6) is 2.47. The highest BCUT2D eigenvalue weighted by Crippen LogP contribution is 2.48.